The molecule has 0 saturated heterocycles. The zero-order valence-electron chi connectivity index (χ0n) is 10.1. The molecule has 1 aromatic carbocycles. The highest BCUT2D eigenvalue weighted by Gasteiger charge is 2.08. The van der Waals surface area contributed by atoms with Crippen LogP contribution in [0.15, 0.2) is 36.4 Å². The monoisotopic (exact) mass is 246 g/mol. The van der Waals surface area contributed by atoms with Gasteiger partial charge in [-0.25, -0.2) is 9.37 Å². The summed E-state index contributed by atoms with van der Waals surface area (Å²) in [6, 6.07) is 10.1. The highest BCUT2D eigenvalue weighted by molar-refractivity contribution is 5.62. The Morgan fingerprint density at radius 3 is 2.56 bits per heavy atom. The average molecular weight is 246 g/mol. The number of hydrogen-bond donors (Lipinski definition) is 2. The predicted octanol–water partition coefficient (Wildman–Crippen LogP) is 2.02. The molecule has 4 N–H and O–H groups in total. The second-order valence-corrected chi connectivity index (χ2v) is 4.09. The SMILES string of the molecule is CN(Cc1ccccc1F)c1ccc(N)c(N)n1. The molecule has 0 aliphatic carbocycles. The van der Waals surface area contributed by atoms with E-state index < -0.39 is 0 Å². The summed E-state index contributed by atoms with van der Waals surface area (Å²) >= 11 is 0. The number of benzene rings is 1. The molecule has 94 valence electrons. The summed E-state index contributed by atoms with van der Waals surface area (Å²) in [4.78, 5) is 5.97. The summed E-state index contributed by atoms with van der Waals surface area (Å²) in [7, 11) is 1.82. The molecule has 1 aromatic heterocycles. The molecule has 0 aliphatic heterocycles. The maximum absolute atomic E-state index is 13.5. The van der Waals surface area contributed by atoms with E-state index >= 15 is 0 Å². The number of halogens is 1. The van der Waals surface area contributed by atoms with Gasteiger partial charge in [0.05, 0.1) is 5.69 Å². The van der Waals surface area contributed by atoms with E-state index in [1.165, 1.54) is 6.07 Å². The van der Waals surface area contributed by atoms with Gasteiger partial charge in [-0.1, -0.05) is 18.2 Å². The molecule has 0 fully saturated rings. The molecular formula is C13H15FN4. The minimum atomic E-state index is -0.229. The van der Waals surface area contributed by atoms with Gasteiger partial charge in [0.1, 0.15) is 17.5 Å². The topological polar surface area (TPSA) is 68.2 Å². The van der Waals surface area contributed by atoms with Crippen molar-refractivity contribution in [2.75, 3.05) is 23.4 Å². The first-order chi connectivity index (χ1) is 8.58. The molecule has 0 aliphatic rings. The fourth-order valence-corrected chi connectivity index (χ4v) is 1.65. The average Bonchev–Trinajstić information content (AvgIpc) is 2.35. The van der Waals surface area contributed by atoms with E-state index in [0.717, 1.165) is 0 Å². The van der Waals surface area contributed by atoms with Crippen LogP contribution in [0.5, 0.6) is 0 Å². The normalized spacial score (nSPS) is 10.3. The van der Waals surface area contributed by atoms with Gasteiger partial charge >= 0.3 is 0 Å². The van der Waals surface area contributed by atoms with Crippen LogP contribution in [-0.2, 0) is 6.54 Å². The number of nitrogens with zero attached hydrogens (tertiary/aromatic N) is 2. The maximum atomic E-state index is 13.5. The summed E-state index contributed by atoms with van der Waals surface area (Å²) in [5, 5.41) is 0. The second-order valence-electron chi connectivity index (χ2n) is 4.09. The number of hydrogen-bond acceptors (Lipinski definition) is 4. The highest BCUT2D eigenvalue weighted by atomic mass is 19.1. The number of aromatic nitrogens is 1. The molecule has 0 radical (unpaired) electrons. The summed E-state index contributed by atoms with van der Waals surface area (Å²) < 4.78 is 13.5. The number of anilines is 3. The number of rotatable bonds is 3. The number of nitrogen functional groups attached to an aromatic ring is 2. The lowest BCUT2D eigenvalue weighted by Crippen LogP contribution is -2.19. The van der Waals surface area contributed by atoms with Crippen LogP contribution in [0.25, 0.3) is 0 Å². The Morgan fingerprint density at radius 1 is 1.17 bits per heavy atom. The Labute approximate surface area is 105 Å². The number of nitrogens with two attached hydrogens (primary N) is 2. The summed E-state index contributed by atoms with van der Waals surface area (Å²) in [6.45, 7) is 0.420. The lowest BCUT2D eigenvalue weighted by molar-refractivity contribution is 0.607. The Hall–Kier alpha value is -2.30. The predicted molar refractivity (Wildman–Crippen MR) is 71.6 cm³/mol. The van der Waals surface area contributed by atoms with Gasteiger partial charge in [-0.3, -0.25) is 0 Å². The van der Waals surface area contributed by atoms with Crippen LogP contribution in [0.1, 0.15) is 5.56 Å². The van der Waals surface area contributed by atoms with Gasteiger partial charge in [-0.05, 0) is 18.2 Å². The Kier molecular flexibility index (Phi) is 3.32. The zero-order chi connectivity index (χ0) is 13.1. The van der Waals surface area contributed by atoms with Gasteiger partial charge in [0.25, 0.3) is 0 Å². The molecule has 18 heavy (non-hydrogen) atoms. The van der Waals surface area contributed by atoms with E-state index in [9.17, 15) is 4.39 Å². The van der Waals surface area contributed by atoms with E-state index in [4.69, 9.17) is 11.5 Å². The van der Waals surface area contributed by atoms with Gasteiger partial charge in [0.15, 0.2) is 0 Å². The van der Waals surface area contributed by atoms with E-state index in [-0.39, 0.29) is 11.6 Å². The quantitative estimate of drug-likeness (QED) is 0.869. The van der Waals surface area contributed by atoms with Crippen molar-refractivity contribution < 1.29 is 4.39 Å². The molecule has 4 nitrogen and oxygen atoms in total. The van der Waals surface area contributed by atoms with Crippen molar-refractivity contribution in [3.05, 3.63) is 47.8 Å². The molecule has 5 heteroatoms. The molecule has 0 bridgehead atoms. The highest BCUT2D eigenvalue weighted by Crippen LogP contribution is 2.19. The van der Waals surface area contributed by atoms with E-state index in [0.29, 0.717) is 23.6 Å². The molecule has 2 rings (SSSR count). The van der Waals surface area contributed by atoms with E-state index in [1.54, 1.807) is 30.3 Å². The zero-order valence-corrected chi connectivity index (χ0v) is 10.1. The van der Waals surface area contributed by atoms with Gasteiger partial charge < -0.3 is 16.4 Å². The third-order valence-electron chi connectivity index (χ3n) is 2.70. The standard InChI is InChI=1S/C13H15FN4/c1-18(8-9-4-2-3-5-10(9)14)12-7-6-11(15)13(16)17-12/h2-7H,8,15H2,1H3,(H2,16,17). The molecule has 0 amide bonds. The molecule has 0 atom stereocenters. The Morgan fingerprint density at radius 2 is 1.89 bits per heavy atom. The fourth-order valence-electron chi connectivity index (χ4n) is 1.65. The molecule has 1 heterocycles. The summed E-state index contributed by atoms with van der Waals surface area (Å²) in [5.74, 6) is 0.714. The van der Waals surface area contributed by atoms with Gasteiger partial charge in [-0.15, -0.1) is 0 Å². The van der Waals surface area contributed by atoms with Crippen LogP contribution in [0.4, 0.5) is 21.7 Å². The fraction of sp³-hybridized carbons (Fsp3) is 0.154. The van der Waals surface area contributed by atoms with Gasteiger partial charge in [0, 0.05) is 19.2 Å². The van der Waals surface area contributed by atoms with Crippen LogP contribution < -0.4 is 16.4 Å². The van der Waals surface area contributed by atoms with Crippen molar-refractivity contribution in [3.63, 3.8) is 0 Å². The maximum Gasteiger partial charge on any atom is 0.149 e. The Bertz CT molecular complexity index is 556. The summed E-state index contributed by atoms with van der Waals surface area (Å²) in [5.41, 5.74) is 12.3. The number of pyridine rings is 1. The molecule has 0 spiro atoms. The third kappa shape index (κ3) is 2.51. The largest absolute Gasteiger partial charge is 0.396 e. The van der Waals surface area contributed by atoms with E-state index in [1.807, 2.05) is 11.9 Å². The lowest BCUT2D eigenvalue weighted by Gasteiger charge is -2.19. The van der Waals surface area contributed by atoms with Crippen molar-refractivity contribution in [1.82, 2.24) is 4.98 Å². The first-order valence-corrected chi connectivity index (χ1v) is 5.54. The molecule has 0 unspecified atom stereocenters. The first kappa shape index (κ1) is 12.2. The van der Waals surface area contributed by atoms with Gasteiger partial charge in [-0.2, -0.15) is 0 Å². The third-order valence-corrected chi connectivity index (χ3v) is 2.70. The van der Waals surface area contributed by atoms with Crippen LogP contribution in [0.3, 0.4) is 0 Å². The van der Waals surface area contributed by atoms with Crippen LogP contribution >= 0.6 is 0 Å². The molecular weight excluding hydrogens is 231 g/mol. The Balaban J connectivity index is 2.19. The minimum absolute atomic E-state index is 0.229. The van der Waals surface area contributed by atoms with Crippen molar-refractivity contribution >= 4 is 17.3 Å². The van der Waals surface area contributed by atoms with E-state index in [2.05, 4.69) is 4.98 Å². The first-order valence-electron chi connectivity index (χ1n) is 5.54. The van der Waals surface area contributed by atoms with Crippen molar-refractivity contribution in [1.29, 1.82) is 0 Å². The van der Waals surface area contributed by atoms with Crippen molar-refractivity contribution in [2.24, 2.45) is 0 Å². The van der Waals surface area contributed by atoms with Crippen molar-refractivity contribution in [3.8, 4) is 0 Å². The van der Waals surface area contributed by atoms with Crippen molar-refractivity contribution in [2.45, 2.75) is 6.54 Å². The molecule has 0 saturated carbocycles. The second kappa shape index (κ2) is 4.91. The van der Waals surface area contributed by atoms with Gasteiger partial charge in [0.2, 0.25) is 0 Å². The minimum Gasteiger partial charge on any atom is -0.396 e. The summed E-state index contributed by atoms with van der Waals surface area (Å²) in [6.07, 6.45) is 0. The van der Waals surface area contributed by atoms with Crippen LogP contribution in [0, 0.1) is 5.82 Å². The smallest absolute Gasteiger partial charge is 0.149 e. The molecule has 2 aromatic rings. The van der Waals surface area contributed by atoms with Crippen LogP contribution in [0.2, 0.25) is 0 Å². The lowest BCUT2D eigenvalue weighted by atomic mass is 10.2. The van der Waals surface area contributed by atoms with Crippen LogP contribution in [-0.4, -0.2) is 12.0 Å².